The van der Waals surface area contributed by atoms with E-state index in [1.54, 1.807) is 0 Å². The molecule has 160 valence electrons. The minimum atomic E-state index is -0.209. The summed E-state index contributed by atoms with van der Waals surface area (Å²) >= 11 is 5.65. The van der Waals surface area contributed by atoms with Crippen LogP contribution >= 0.6 is 12.2 Å². The summed E-state index contributed by atoms with van der Waals surface area (Å²) < 4.78 is 5.45. The first-order valence-electron chi connectivity index (χ1n) is 10.5. The third-order valence-corrected chi connectivity index (χ3v) is 5.89. The summed E-state index contributed by atoms with van der Waals surface area (Å²) in [6, 6.07) is 20.3. The van der Waals surface area contributed by atoms with Crippen LogP contribution in [0.5, 0.6) is 0 Å². The minimum Gasteiger partial charge on any atom is -0.360 e. The summed E-state index contributed by atoms with van der Waals surface area (Å²) in [5.41, 5.74) is 3.53. The Morgan fingerprint density at radius 2 is 1.87 bits per heavy atom. The van der Waals surface area contributed by atoms with Crippen molar-refractivity contribution in [2.24, 2.45) is 0 Å². The van der Waals surface area contributed by atoms with E-state index in [2.05, 4.69) is 39.7 Å². The number of carbonyl (C=O) groups excluding carboxylic acids is 1. The van der Waals surface area contributed by atoms with Crippen LogP contribution < -0.4 is 10.6 Å². The van der Waals surface area contributed by atoms with Gasteiger partial charge in [-0.3, -0.25) is 4.79 Å². The van der Waals surface area contributed by atoms with Crippen molar-refractivity contribution in [2.75, 3.05) is 13.1 Å². The molecule has 2 aromatic carbocycles. The zero-order valence-electron chi connectivity index (χ0n) is 17.5. The molecule has 0 spiro atoms. The van der Waals surface area contributed by atoms with Crippen LogP contribution in [0.1, 0.15) is 45.9 Å². The summed E-state index contributed by atoms with van der Waals surface area (Å²) in [4.78, 5) is 14.8. The highest BCUT2D eigenvalue weighted by Gasteiger charge is 2.28. The van der Waals surface area contributed by atoms with Gasteiger partial charge < -0.3 is 20.1 Å². The van der Waals surface area contributed by atoms with Gasteiger partial charge in [0, 0.05) is 25.1 Å². The monoisotopic (exact) mass is 434 g/mol. The Balaban J connectivity index is 1.36. The molecular weight excluding hydrogens is 408 g/mol. The number of thiocarbonyl (C=S) groups is 1. The molecule has 3 aromatic rings. The predicted octanol–water partition coefficient (Wildman–Crippen LogP) is 3.64. The molecule has 1 aromatic heterocycles. The molecule has 0 bridgehead atoms. The van der Waals surface area contributed by atoms with Gasteiger partial charge in [-0.25, -0.2) is 0 Å². The van der Waals surface area contributed by atoms with Gasteiger partial charge >= 0.3 is 0 Å². The van der Waals surface area contributed by atoms with E-state index >= 15 is 0 Å². The summed E-state index contributed by atoms with van der Waals surface area (Å²) in [6.07, 6.45) is 1.44. The second kappa shape index (κ2) is 9.75. The van der Waals surface area contributed by atoms with Crippen molar-refractivity contribution >= 4 is 23.2 Å². The quantitative estimate of drug-likeness (QED) is 0.577. The number of carbonyl (C=O) groups is 1. The fourth-order valence-electron chi connectivity index (χ4n) is 3.71. The maximum absolute atomic E-state index is 12.7. The predicted molar refractivity (Wildman–Crippen MR) is 124 cm³/mol. The van der Waals surface area contributed by atoms with Gasteiger partial charge in [0.05, 0.1) is 12.6 Å². The standard InChI is InChI=1S/C24H26N4O2S/c1-17(19-10-6-3-7-11-19)26-24(31)28-15-13-21-20(16-28)22(27-30-21)23(29)25-14-12-18-8-4-2-5-9-18/h2-11,17H,12-16H2,1H3,(H,25,29)(H,26,31). The second-order valence-electron chi connectivity index (χ2n) is 7.68. The third-order valence-electron chi connectivity index (χ3n) is 5.51. The number of nitrogens with zero attached hydrogens (tertiary/aromatic N) is 2. The number of rotatable bonds is 6. The van der Waals surface area contributed by atoms with Crippen LogP contribution in [-0.4, -0.2) is 34.2 Å². The number of hydrogen-bond acceptors (Lipinski definition) is 4. The Morgan fingerprint density at radius 1 is 1.16 bits per heavy atom. The van der Waals surface area contributed by atoms with Crippen molar-refractivity contribution in [1.29, 1.82) is 0 Å². The topological polar surface area (TPSA) is 70.4 Å². The molecule has 2 heterocycles. The number of aromatic nitrogens is 1. The smallest absolute Gasteiger partial charge is 0.273 e. The molecule has 1 amide bonds. The van der Waals surface area contributed by atoms with Crippen LogP contribution in [0.15, 0.2) is 65.2 Å². The fraction of sp³-hybridized carbons (Fsp3) is 0.292. The molecule has 1 aliphatic rings. The lowest BCUT2D eigenvalue weighted by Gasteiger charge is -2.30. The molecular formula is C24H26N4O2S. The van der Waals surface area contributed by atoms with Crippen molar-refractivity contribution in [3.05, 3.63) is 88.8 Å². The molecule has 7 heteroatoms. The highest BCUT2D eigenvalue weighted by Crippen LogP contribution is 2.23. The zero-order valence-corrected chi connectivity index (χ0v) is 18.3. The Bertz CT molecular complexity index is 1040. The number of benzene rings is 2. The molecule has 0 radical (unpaired) electrons. The van der Waals surface area contributed by atoms with Gasteiger partial charge in [0.15, 0.2) is 10.8 Å². The molecule has 0 aliphatic carbocycles. The first kappa shape index (κ1) is 21.1. The normalized spacial score (nSPS) is 13.9. The minimum absolute atomic E-state index is 0.0957. The van der Waals surface area contributed by atoms with Crippen LogP contribution in [0.2, 0.25) is 0 Å². The van der Waals surface area contributed by atoms with E-state index in [0.29, 0.717) is 30.3 Å². The molecule has 31 heavy (non-hydrogen) atoms. The van der Waals surface area contributed by atoms with Gasteiger partial charge in [-0.05, 0) is 36.7 Å². The summed E-state index contributed by atoms with van der Waals surface area (Å²) in [5, 5.41) is 11.1. The first-order valence-corrected chi connectivity index (χ1v) is 10.9. The van der Waals surface area contributed by atoms with Gasteiger partial charge in [0.1, 0.15) is 5.76 Å². The Hall–Kier alpha value is -3.19. The van der Waals surface area contributed by atoms with Gasteiger partial charge in [0.2, 0.25) is 0 Å². The lowest BCUT2D eigenvalue weighted by Crippen LogP contribution is -2.43. The molecule has 0 saturated heterocycles. The lowest BCUT2D eigenvalue weighted by molar-refractivity contribution is 0.0944. The average Bonchev–Trinajstić information content (AvgIpc) is 3.23. The SMILES string of the molecule is CC(NC(=S)N1CCc2onc(C(=O)NCCc3ccccc3)c2C1)c1ccccc1. The van der Waals surface area contributed by atoms with Crippen LogP contribution in [0.3, 0.4) is 0 Å². The molecule has 2 N–H and O–H groups in total. The molecule has 1 unspecified atom stereocenters. The van der Waals surface area contributed by atoms with Crippen molar-refractivity contribution in [3.63, 3.8) is 0 Å². The molecule has 4 rings (SSSR count). The van der Waals surface area contributed by atoms with E-state index in [9.17, 15) is 4.79 Å². The zero-order chi connectivity index (χ0) is 21.6. The van der Waals surface area contributed by atoms with Crippen LogP contribution in [-0.2, 0) is 19.4 Å². The lowest BCUT2D eigenvalue weighted by atomic mass is 10.1. The second-order valence-corrected chi connectivity index (χ2v) is 8.06. The molecule has 0 saturated carbocycles. The van der Waals surface area contributed by atoms with Crippen molar-refractivity contribution in [2.45, 2.75) is 32.4 Å². The van der Waals surface area contributed by atoms with E-state index in [1.807, 2.05) is 48.5 Å². The van der Waals surface area contributed by atoms with E-state index in [4.69, 9.17) is 16.7 Å². The number of fused-ring (bicyclic) bond motifs is 1. The Kier molecular flexibility index (Phi) is 6.62. The highest BCUT2D eigenvalue weighted by molar-refractivity contribution is 7.80. The molecule has 1 aliphatic heterocycles. The maximum atomic E-state index is 12.7. The number of hydrogen-bond donors (Lipinski definition) is 2. The van der Waals surface area contributed by atoms with Crippen LogP contribution in [0.25, 0.3) is 0 Å². The Morgan fingerprint density at radius 3 is 2.61 bits per heavy atom. The van der Waals surface area contributed by atoms with E-state index in [0.717, 1.165) is 24.3 Å². The molecule has 6 nitrogen and oxygen atoms in total. The fourth-order valence-corrected chi connectivity index (χ4v) is 4.04. The van der Waals surface area contributed by atoms with Gasteiger partial charge in [-0.1, -0.05) is 65.8 Å². The number of amides is 1. The van der Waals surface area contributed by atoms with E-state index < -0.39 is 0 Å². The average molecular weight is 435 g/mol. The van der Waals surface area contributed by atoms with E-state index in [1.165, 1.54) is 11.1 Å². The van der Waals surface area contributed by atoms with Crippen molar-refractivity contribution < 1.29 is 9.32 Å². The summed E-state index contributed by atoms with van der Waals surface area (Å²) in [7, 11) is 0. The summed E-state index contributed by atoms with van der Waals surface area (Å²) in [6.45, 7) is 3.86. The highest BCUT2D eigenvalue weighted by atomic mass is 32.1. The molecule has 0 fully saturated rings. The summed E-state index contributed by atoms with van der Waals surface area (Å²) in [5.74, 6) is 0.558. The van der Waals surface area contributed by atoms with E-state index in [-0.39, 0.29) is 11.9 Å². The van der Waals surface area contributed by atoms with Crippen molar-refractivity contribution in [3.8, 4) is 0 Å². The van der Waals surface area contributed by atoms with Gasteiger partial charge in [-0.15, -0.1) is 0 Å². The number of nitrogens with one attached hydrogen (secondary N) is 2. The third kappa shape index (κ3) is 5.11. The van der Waals surface area contributed by atoms with Crippen molar-refractivity contribution in [1.82, 2.24) is 20.7 Å². The van der Waals surface area contributed by atoms with Gasteiger partial charge in [0.25, 0.3) is 5.91 Å². The largest absolute Gasteiger partial charge is 0.360 e. The van der Waals surface area contributed by atoms with Gasteiger partial charge in [-0.2, -0.15) is 0 Å². The van der Waals surface area contributed by atoms with Crippen LogP contribution in [0, 0.1) is 0 Å². The Labute approximate surface area is 187 Å². The first-order chi connectivity index (χ1) is 15.1. The molecule has 1 atom stereocenters. The van der Waals surface area contributed by atoms with Crippen LogP contribution in [0.4, 0.5) is 0 Å². The maximum Gasteiger partial charge on any atom is 0.273 e.